The Morgan fingerprint density at radius 3 is 2.55 bits per heavy atom. The van der Waals surface area contributed by atoms with Crippen LogP contribution in [0.4, 0.5) is 0 Å². The first-order chi connectivity index (χ1) is 9.70. The van der Waals surface area contributed by atoms with E-state index in [9.17, 15) is 0 Å². The highest BCUT2D eigenvalue weighted by molar-refractivity contribution is 6.31. The molecule has 1 heterocycles. The van der Waals surface area contributed by atoms with Crippen LogP contribution in [0.5, 0.6) is 0 Å². The second-order valence-corrected chi connectivity index (χ2v) is 5.57. The van der Waals surface area contributed by atoms with Gasteiger partial charge in [-0.15, -0.1) is 0 Å². The summed E-state index contributed by atoms with van der Waals surface area (Å²) in [5.41, 5.74) is 2.32. The van der Waals surface area contributed by atoms with Crippen LogP contribution in [0.2, 0.25) is 10.0 Å². The monoisotopic (exact) mass is 308 g/mol. The molecule has 0 aliphatic carbocycles. The zero-order chi connectivity index (χ0) is 14.4. The molecule has 2 rings (SSSR count). The van der Waals surface area contributed by atoms with Crippen molar-refractivity contribution in [3.05, 3.63) is 63.9 Å². The summed E-state index contributed by atoms with van der Waals surface area (Å²) >= 11 is 12.2. The molecule has 106 valence electrons. The number of pyridine rings is 1. The van der Waals surface area contributed by atoms with Gasteiger partial charge in [-0.05, 0) is 48.7 Å². The van der Waals surface area contributed by atoms with Gasteiger partial charge < -0.3 is 5.32 Å². The van der Waals surface area contributed by atoms with Crippen molar-refractivity contribution in [3.8, 4) is 0 Å². The lowest BCUT2D eigenvalue weighted by atomic mass is 9.99. The third-order valence-electron chi connectivity index (χ3n) is 3.19. The van der Waals surface area contributed by atoms with Crippen molar-refractivity contribution in [1.82, 2.24) is 10.3 Å². The Balaban J connectivity index is 2.19. The summed E-state index contributed by atoms with van der Waals surface area (Å²) in [5, 5.41) is 5.03. The molecule has 2 nitrogen and oxygen atoms in total. The van der Waals surface area contributed by atoms with E-state index in [1.54, 1.807) is 12.4 Å². The van der Waals surface area contributed by atoms with Crippen LogP contribution in [0.15, 0.2) is 42.7 Å². The number of hydrogen-bond acceptors (Lipinski definition) is 2. The fourth-order valence-corrected chi connectivity index (χ4v) is 2.43. The highest BCUT2D eigenvalue weighted by Gasteiger charge is 2.13. The van der Waals surface area contributed by atoms with Crippen molar-refractivity contribution >= 4 is 23.2 Å². The molecule has 0 radical (unpaired) electrons. The smallest absolute Gasteiger partial charge is 0.0622 e. The van der Waals surface area contributed by atoms with Gasteiger partial charge >= 0.3 is 0 Å². The topological polar surface area (TPSA) is 24.9 Å². The molecule has 1 N–H and O–H groups in total. The molecule has 0 fully saturated rings. The largest absolute Gasteiger partial charge is 0.310 e. The van der Waals surface area contributed by atoms with Crippen LogP contribution in [0.3, 0.4) is 0 Å². The minimum Gasteiger partial charge on any atom is -0.310 e. The Morgan fingerprint density at radius 2 is 1.90 bits per heavy atom. The minimum atomic E-state index is 0.229. The van der Waals surface area contributed by atoms with E-state index in [4.69, 9.17) is 23.2 Å². The molecule has 2 aromatic rings. The highest BCUT2D eigenvalue weighted by Crippen LogP contribution is 2.24. The molecule has 1 aromatic carbocycles. The summed E-state index contributed by atoms with van der Waals surface area (Å²) in [4.78, 5) is 4.03. The zero-order valence-electron chi connectivity index (χ0n) is 11.4. The minimum absolute atomic E-state index is 0.229. The van der Waals surface area contributed by atoms with Crippen molar-refractivity contribution < 1.29 is 0 Å². The molecule has 0 saturated heterocycles. The van der Waals surface area contributed by atoms with Gasteiger partial charge in [0, 0.05) is 23.5 Å². The fourth-order valence-electron chi connectivity index (χ4n) is 2.11. The van der Waals surface area contributed by atoms with Crippen LogP contribution in [0.1, 0.15) is 30.5 Å². The first kappa shape index (κ1) is 15.3. The van der Waals surface area contributed by atoms with Crippen molar-refractivity contribution in [1.29, 1.82) is 0 Å². The van der Waals surface area contributed by atoms with Crippen LogP contribution in [0.25, 0.3) is 0 Å². The van der Waals surface area contributed by atoms with Gasteiger partial charge in [0.15, 0.2) is 0 Å². The molecule has 0 saturated carbocycles. The van der Waals surface area contributed by atoms with E-state index < -0.39 is 0 Å². The fraction of sp³-hybridized carbons (Fsp3) is 0.312. The lowest BCUT2D eigenvalue weighted by Gasteiger charge is -2.19. The van der Waals surface area contributed by atoms with Crippen LogP contribution in [-0.4, -0.2) is 11.5 Å². The highest BCUT2D eigenvalue weighted by atomic mass is 35.5. The van der Waals surface area contributed by atoms with Gasteiger partial charge in [-0.1, -0.05) is 42.3 Å². The number of hydrogen-bond donors (Lipinski definition) is 1. The molecule has 4 heteroatoms. The lowest BCUT2D eigenvalue weighted by Crippen LogP contribution is -2.24. The van der Waals surface area contributed by atoms with E-state index in [1.807, 2.05) is 18.2 Å². The summed E-state index contributed by atoms with van der Waals surface area (Å²) in [7, 11) is 0. The van der Waals surface area contributed by atoms with Crippen LogP contribution in [-0.2, 0) is 6.42 Å². The van der Waals surface area contributed by atoms with E-state index >= 15 is 0 Å². The average Bonchev–Trinajstić information content (AvgIpc) is 2.46. The quantitative estimate of drug-likeness (QED) is 0.838. The SMILES string of the molecule is CCCNC(Cc1ccncc1Cl)c1ccc(Cl)cc1. The number of nitrogens with one attached hydrogen (secondary N) is 1. The van der Waals surface area contributed by atoms with Crippen LogP contribution in [0, 0.1) is 0 Å². The average molecular weight is 309 g/mol. The number of halogens is 2. The van der Waals surface area contributed by atoms with Gasteiger partial charge in [0.2, 0.25) is 0 Å². The predicted molar refractivity (Wildman–Crippen MR) is 85.4 cm³/mol. The second kappa shape index (κ2) is 7.63. The zero-order valence-corrected chi connectivity index (χ0v) is 13.0. The summed E-state index contributed by atoms with van der Waals surface area (Å²) < 4.78 is 0. The Bertz CT molecular complexity index is 540. The molecule has 0 spiro atoms. The van der Waals surface area contributed by atoms with Gasteiger partial charge in [0.05, 0.1) is 5.02 Å². The maximum atomic E-state index is 6.20. The predicted octanol–water partition coefficient (Wildman–Crippen LogP) is 4.67. The maximum absolute atomic E-state index is 6.20. The first-order valence-corrected chi connectivity index (χ1v) is 7.53. The van der Waals surface area contributed by atoms with Gasteiger partial charge in [0.1, 0.15) is 0 Å². The Labute approximate surface area is 130 Å². The van der Waals surface area contributed by atoms with Crippen LogP contribution < -0.4 is 5.32 Å². The normalized spacial score (nSPS) is 12.3. The number of rotatable bonds is 6. The summed E-state index contributed by atoms with van der Waals surface area (Å²) in [5.74, 6) is 0. The molecule has 1 atom stereocenters. The molecule has 0 bridgehead atoms. The van der Waals surface area contributed by atoms with Gasteiger partial charge in [-0.3, -0.25) is 4.98 Å². The molecule has 20 heavy (non-hydrogen) atoms. The summed E-state index contributed by atoms with van der Waals surface area (Å²) in [6, 6.07) is 10.2. The van der Waals surface area contributed by atoms with E-state index in [2.05, 4.69) is 29.4 Å². The molecular weight excluding hydrogens is 291 g/mol. The van der Waals surface area contributed by atoms with Gasteiger partial charge in [-0.2, -0.15) is 0 Å². The van der Waals surface area contributed by atoms with Crippen LogP contribution >= 0.6 is 23.2 Å². The van der Waals surface area contributed by atoms with Crippen molar-refractivity contribution in [3.63, 3.8) is 0 Å². The number of benzene rings is 1. The lowest BCUT2D eigenvalue weighted by molar-refractivity contribution is 0.529. The number of aromatic nitrogens is 1. The third-order valence-corrected chi connectivity index (χ3v) is 3.79. The van der Waals surface area contributed by atoms with E-state index in [-0.39, 0.29) is 6.04 Å². The summed E-state index contributed by atoms with van der Waals surface area (Å²) in [6.07, 6.45) is 5.40. The van der Waals surface area contributed by atoms with Crippen molar-refractivity contribution in [2.75, 3.05) is 6.54 Å². The summed E-state index contributed by atoms with van der Waals surface area (Å²) in [6.45, 7) is 3.13. The molecule has 1 unspecified atom stereocenters. The van der Waals surface area contributed by atoms with E-state index in [0.717, 1.165) is 30.0 Å². The van der Waals surface area contributed by atoms with Crippen molar-refractivity contribution in [2.24, 2.45) is 0 Å². The molecule has 0 amide bonds. The maximum Gasteiger partial charge on any atom is 0.0622 e. The standard InChI is InChI=1S/C16H18Cl2N2/c1-2-8-20-16(12-3-5-14(17)6-4-12)10-13-7-9-19-11-15(13)18/h3-7,9,11,16,20H,2,8,10H2,1H3. The number of nitrogens with zero attached hydrogens (tertiary/aromatic N) is 1. The molecule has 0 aliphatic heterocycles. The van der Waals surface area contributed by atoms with Gasteiger partial charge in [0.25, 0.3) is 0 Å². The van der Waals surface area contributed by atoms with E-state index in [0.29, 0.717) is 5.02 Å². The third kappa shape index (κ3) is 4.20. The second-order valence-electron chi connectivity index (χ2n) is 4.73. The molecule has 1 aromatic heterocycles. The Kier molecular flexibility index (Phi) is 5.84. The Hall–Kier alpha value is -1.09. The molecular formula is C16H18Cl2N2. The van der Waals surface area contributed by atoms with Crippen molar-refractivity contribution in [2.45, 2.75) is 25.8 Å². The first-order valence-electron chi connectivity index (χ1n) is 6.78. The van der Waals surface area contributed by atoms with E-state index in [1.165, 1.54) is 5.56 Å². The molecule has 0 aliphatic rings. The van der Waals surface area contributed by atoms with Gasteiger partial charge in [-0.25, -0.2) is 0 Å². The Morgan fingerprint density at radius 1 is 1.15 bits per heavy atom.